The Morgan fingerprint density at radius 1 is 0.506 bits per heavy atom. The van der Waals surface area contributed by atoms with Crippen LogP contribution in [0.2, 0.25) is 0 Å². The minimum Gasteiger partial charge on any atom is -0.505 e. The molecule has 0 aliphatic heterocycles. The number of aromatic hydroxyl groups is 1. The van der Waals surface area contributed by atoms with Crippen LogP contribution in [0.5, 0.6) is 5.75 Å². The summed E-state index contributed by atoms with van der Waals surface area (Å²) in [5, 5.41) is 26.7. The first-order chi connectivity index (χ1) is 36.5. The van der Waals surface area contributed by atoms with Gasteiger partial charge in [-0.15, -0.1) is 10.2 Å². The van der Waals surface area contributed by atoms with Crippen molar-refractivity contribution in [3.8, 4) is 5.75 Å². The Bertz CT molecular complexity index is 4790. The number of carbonyl (C=O) groups is 1. The average molecular weight is 1240 g/mol. The van der Waals surface area contributed by atoms with Gasteiger partial charge in [-0.1, -0.05) is 30.3 Å². The van der Waals surface area contributed by atoms with Crippen molar-refractivity contribution in [2.24, 2.45) is 25.2 Å². The molecule has 0 bridgehead atoms. The Labute approximate surface area is 443 Å². The van der Waals surface area contributed by atoms with Gasteiger partial charge in [-0.25, -0.2) is 45.0 Å². The van der Waals surface area contributed by atoms with Crippen LogP contribution in [-0.4, -0.2) is 138 Å². The summed E-state index contributed by atoms with van der Waals surface area (Å²) in [4.78, 5) is 28.3. The van der Waals surface area contributed by atoms with Crippen LogP contribution >= 0.6 is 0 Å². The number of sulfone groups is 2. The smallest absolute Gasteiger partial charge is 0.397 e. The Morgan fingerprint density at radius 3 is 1.61 bits per heavy atom. The number of nitrogens with zero attached hydrogens (tertiary/aromatic N) is 5. The monoisotopic (exact) mass is 1230 g/mol. The zero-order chi connectivity index (χ0) is 58.3. The number of rotatable bonds is 19. The number of aromatic carboxylic acids is 1. The Balaban J connectivity index is 1.46. The van der Waals surface area contributed by atoms with Gasteiger partial charge >= 0.3 is 26.8 Å². The molecule has 10 N–H and O–H groups in total. The molecule has 39 heteroatoms. The van der Waals surface area contributed by atoms with Crippen molar-refractivity contribution in [2.45, 2.75) is 24.5 Å². The first-order valence-electron chi connectivity index (χ1n) is 20.9. The van der Waals surface area contributed by atoms with E-state index >= 15 is 0 Å². The number of benzene rings is 6. The summed E-state index contributed by atoms with van der Waals surface area (Å²) in [7, 11) is -35.2. The summed E-state index contributed by atoms with van der Waals surface area (Å²) in [5.74, 6) is -4.78. The Morgan fingerprint density at radius 2 is 1.05 bits per heavy atom. The predicted molar refractivity (Wildman–Crippen MR) is 267 cm³/mol. The minimum atomic E-state index is -5.66. The number of hydrogen-bond acceptors (Lipinski definition) is 23. The zero-order valence-corrected chi connectivity index (χ0v) is 44.4. The summed E-state index contributed by atoms with van der Waals surface area (Å²) in [5.41, 5.74) is -4.70. The van der Waals surface area contributed by atoms with Crippen molar-refractivity contribution in [3.63, 3.8) is 0 Å². The molecule has 0 aliphatic rings. The molecule has 420 valence electrons. The van der Waals surface area contributed by atoms with E-state index in [0.717, 1.165) is 48.5 Å². The summed E-state index contributed by atoms with van der Waals surface area (Å²) >= 11 is 0. The number of fused-ring (bicyclic) bond motifs is 2. The van der Waals surface area contributed by atoms with Gasteiger partial charge in [0, 0.05) is 10.8 Å². The van der Waals surface area contributed by atoms with Crippen LogP contribution in [-0.2, 0) is 79.2 Å². The van der Waals surface area contributed by atoms with E-state index in [1.54, 1.807) is 0 Å². The van der Waals surface area contributed by atoms with Gasteiger partial charge in [0.15, 0.2) is 25.4 Å². The van der Waals surface area contributed by atoms with Crippen LogP contribution in [0, 0.1) is 0 Å². The maximum absolute atomic E-state index is 13.0. The van der Waals surface area contributed by atoms with E-state index < -0.39 is 182 Å². The molecule has 0 atom stereocenters. The van der Waals surface area contributed by atoms with Gasteiger partial charge in [0.05, 0.1) is 62.5 Å². The first kappa shape index (κ1) is 59.2. The number of phenolic OH excluding ortho intramolecular Hbond substituents is 1. The maximum Gasteiger partial charge on any atom is 0.397 e. The van der Waals surface area contributed by atoms with Gasteiger partial charge in [-0.2, -0.15) is 42.1 Å². The third kappa shape index (κ3) is 14.4. The van der Waals surface area contributed by atoms with E-state index in [9.17, 15) is 87.6 Å². The topological polar surface area (TPSA) is 525 Å². The van der Waals surface area contributed by atoms with E-state index in [-0.39, 0.29) is 22.3 Å². The van der Waals surface area contributed by atoms with Crippen LogP contribution in [0.4, 0.5) is 28.4 Å². The standard InChI is InChI=1S/C40H34N8O24S7/c49-35-33-27(20-32(76(59,60)61)34(35)48-47-30-11-8-21-18-24(9-10-25(21)36(30)77(62,63)64)74(54,55)17-15-72-79(68,69)70)31(75(56,57)58)13-12-29(33)43-40-45-38(44-39(46-40)42-28-7-2-1-6-26(28)37(50)51)41-22-4-3-5-23(19-22)73(52,53)16-14-71-78(65,66)67/h1-13,18-20,49H,14-17H2,(H,50,51)(H,56,57,58)(H,59,60,61)(H,62,63,64)(H,65,66,67)(H,68,69,70)(H3,41,42,43,44,45,46). The van der Waals surface area contributed by atoms with Gasteiger partial charge in [0.2, 0.25) is 16.9 Å². The van der Waals surface area contributed by atoms with Crippen molar-refractivity contribution in [1.29, 1.82) is 0 Å². The van der Waals surface area contributed by atoms with E-state index in [2.05, 4.69) is 48.5 Å². The molecular formula is C40H34N8O24S7. The lowest BCUT2D eigenvalue weighted by atomic mass is 10.1. The number of H-pyrrole nitrogens is 3. The number of aromatic amines is 3. The quantitative estimate of drug-likeness (QED) is 0.0410. The first-order valence-corrected chi connectivity index (χ1v) is 31.3. The number of azo groups is 1. The normalized spacial score (nSPS) is 14.0. The molecule has 0 spiro atoms. The van der Waals surface area contributed by atoms with Crippen molar-refractivity contribution in [2.75, 3.05) is 24.7 Å². The van der Waals surface area contributed by atoms with Gasteiger partial charge in [-0.05, 0) is 72.1 Å². The second kappa shape index (κ2) is 22.0. The largest absolute Gasteiger partial charge is 0.505 e. The Kier molecular flexibility index (Phi) is 16.4. The number of para-hydroxylation sites is 1. The summed E-state index contributed by atoms with van der Waals surface area (Å²) in [6, 6.07) is 16.2. The zero-order valence-electron chi connectivity index (χ0n) is 38.7. The van der Waals surface area contributed by atoms with E-state index in [4.69, 9.17) is 9.11 Å². The van der Waals surface area contributed by atoms with E-state index in [1.165, 1.54) is 36.4 Å². The molecule has 0 radical (unpaired) electrons. The molecule has 0 aliphatic carbocycles. The number of hydrogen-bond donors (Lipinski definition) is 10. The molecule has 6 aromatic carbocycles. The van der Waals surface area contributed by atoms with Crippen LogP contribution in [0.25, 0.3) is 21.5 Å². The summed E-state index contributed by atoms with van der Waals surface area (Å²) in [6.45, 7) is -2.01. The van der Waals surface area contributed by atoms with Crippen LogP contribution in [0.3, 0.4) is 0 Å². The minimum absolute atomic E-state index is 0.157. The highest BCUT2D eigenvalue weighted by Gasteiger charge is 2.29. The average Bonchev–Trinajstić information content (AvgIpc) is 3.33. The van der Waals surface area contributed by atoms with Gasteiger partial charge < -0.3 is 10.2 Å². The van der Waals surface area contributed by atoms with Crippen molar-refractivity contribution in [1.82, 2.24) is 15.0 Å². The Hall–Kier alpha value is -7.51. The number of phenols is 1. The lowest BCUT2D eigenvalue weighted by Crippen LogP contribution is -2.36. The number of nitrogens with one attached hydrogen (secondary N) is 3. The van der Waals surface area contributed by atoms with E-state index in [1.807, 2.05) is 0 Å². The molecule has 79 heavy (non-hydrogen) atoms. The van der Waals surface area contributed by atoms with Crippen molar-refractivity contribution in [3.05, 3.63) is 119 Å². The molecular weight excluding hydrogens is 1200 g/mol. The summed E-state index contributed by atoms with van der Waals surface area (Å²) < 4.78 is 230. The fourth-order valence-electron chi connectivity index (χ4n) is 7.14. The molecule has 0 saturated heterocycles. The third-order valence-corrected chi connectivity index (χ3v) is 17.4. The van der Waals surface area contributed by atoms with Gasteiger partial charge in [0.25, 0.3) is 30.4 Å². The molecule has 0 unspecified atom stereocenters. The second-order valence-electron chi connectivity index (χ2n) is 15.7. The number of carboxylic acids is 1. The summed E-state index contributed by atoms with van der Waals surface area (Å²) in [6.07, 6.45) is 0. The molecule has 1 aromatic heterocycles. The molecule has 0 saturated carbocycles. The number of aromatic nitrogens is 3. The lowest BCUT2D eigenvalue weighted by Gasteiger charge is -2.13. The molecule has 7 aromatic rings. The highest BCUT2D eigenvalue weighted by atomic mass is 32.3. The highest BCUT2D eigenvalue weighted by Crippen LogP contribution is 2.47. The fraction of sp³-hybridized carbons (Fsp3) is 0.100. The third-order valence-electron chi connectivity index (χ3n) is 10.4. The van der Waals surface area contributed by atoms with Crippen molar-refractivity contribution < 1.29 is 105 Å². The molecule has 0 amide bonds. The molecule has 32 nitrogen and oxygen atoms in total. The second-order valence-corrected chi connectivity index (χ2v) is 26.3. The van der Waals surface area contributed by atoms with Crippen LogP contribution in [0.15, 0.2) is 147 Å². The molecule has 0 fully saturated rings. The van der Waals surface area contributed by atoms with Crippen molar-refractivity contribution >= 4 is 127 Å². The maximum atomic E-state index is 13.0. The molecule has 1 heterocycles. The number of carboxylic acid groups (broad SMARTS) is 1. The lowest BCUT2D eigenvalue weighted by molar-refractivity contribution is 0.0697. The fourth-order valence-corrected chi connectivity index (χ4v) is 12.4. The van der Waals surface area contributed by atoms with Gasteiger partial charge in [-0.3, -0.25) is 37.7 Å². The van der Waals surface area contributed by atoms with Crippen LogP contribution in [0.1, 0.15) is 10.4 Å². The highest BCUT2D eigenvalue weighted by molar-refractivity contribution is 7.92. The SMILES string of the molecule is O=C(O)c1ccccc1N=c1[nH]c(=Nc2cccc(S(=O)(=O)CCOS(=O)(=O)O)c2)[nH]c(=Nc2ccc(S(=O)(=O)O)c3cc(S(=O)(=O)O)c(N=Nc4ccc5cc(S(=O)(=O)CCOS(=O)(=O)O)ccc5c4S(=O)(=O)O)c(O)c23)[nH]1. The van der Waals surface area contributed by atoms with Gasteiger partial charge in [0.1, 0.15) is 26.1 Å². The van der Waals surface area contributed by atoms with Crippen LogP contribution < -0.4 is 16.9 Å². The molecule has 7 rings (SSSR count). The predicted octanol–water partition coefficient (Wildman–Crippen LogP) is 2.42. The van der Waals surface area contributed by atoms with E-state index in [0.29, 0.717) is 12.1 Å².